The van der Waals surface area contributed by atoms with Gasteiger partial charge in [0, 0.05) is 30.4 Å². The summed E-state index contributed by atoms with van der Waals surface area (Å²) in [4.78, 5) is 16.9. The number of nitrogens with one attached hydrogen (secondary N) is 1. The lowest BCUT2D eigenvalue weighted by atomic mass is 9.98. The number of para-hydroxylation sites is 1. The third-order valence-corrected chi connectivity index (χ3v) is 4.08. The number of aryl methyl sites for hydroxylation is 1. The molecule has 0 saturated carbocycles. The summed E-state index contributed by atoms with van der Waals surface area (Å²) in [6, 6.07) is 9.90. The second-order valence-electron chi connectivity index (χ2n) is 6.45. The van der Waals surface area contributed by atoms with Crippen LogP contribution in [0.4, 0.5) is 0 Å². The molecule has 1 N–H and O–H groups in total. The van der Waals surface area contributed by atoms with E-state index in [0.29, 0.717) is 6.42 Å². The Kier molecular flexibility index (Phi) is 4.60. The third kappa shape index (κ3) is 3.62. The van der Waals surface area contributed by atoms with Gasteiger partial charge in [0.25, 0.3) is 0 Å². The number of benzene rings is 1. The van der Waals surface area contributed by atoms with Gasteiger partial charge in [-0.1, -0.05) is 32.0 Å². The van der Waals surface area contributed by atoms with Crippen LogP contribution in [0, 0.1) is 5.92 Å². The molecule has 1 unspecified atom stereocenters. The highest BCUT2D eigenvalue weighted by Crippen LogP contribution is 2.21. The van der Waals surface area contributed by atoms with Gasteiger partial charge in [0.05, 0.1) is 24.2 Å². The SMILES string of the molecule is CC(C)C(NC(=O)Cc1cnc2ccccc2c1)c1cnn(C)c1. The lowest BCUT2D eigenvalue weighted by Crippen LogP contribution is -2.32. The maximum absolute atomic E-state index is 12.5. The van der Waals surface area contributed by atoms with Crippen molar-refractivity contribution in [2.75, 3.05) is 0 Å². The Bertz CT molecular complexity index is 853. The number of carbonyl (C=O) groups is 1. The molecule has 0 aliphatic rings. The molecule has 5 heteroatoms. The predicted molar refractivity (Wildman–Crippen MR) is 94.4 cm³/mol. The number of aromatic nitrogens is 3. The molecular formula is C19H22N4O. The summed E-state index contributed by atoms with van der Waals surface area (Å²) in [5, 5.41) is 8.37. The van der Waals surface area contributed by atoms with Gasteiger partial charge in [0.1, 0.15) is 0 Å². The fourth-order valence-corrected chi connectivity index (χ4v) is 2.86. The average Bonchev–Trinajstić information content (AvgIpc) is 2.98. The zero-order valence-electron chi connectivity index (χ0n) is 14.2. The third-order valence-electron chi connectivity index (χ3n) is 4.08. The average molecular weight is 322 g/mol. The molecule has 3 rings (SSSR count). The number of rotatable bonds is 5. The Balaban J connectivity index is 1.73. The van der Waals surface area contributed by atoms with Crippen LogP contribution in [0.1, 0.15) is 31.0 Å². The van der Waals surface area contributed by atoms with Gasteiger partial charge in [-0.15, -0.1) is 0 Å². The summed E-state index contributed by atoms with van der Waals surface area (Å²) in [6.45, 7) is 4.19. The van der Waals surface area contributed by atoms with Crippen LogP contribution >= 0.6 is 0 Å². The van der Waals surface area contributed by atoms with Crippen molar-refractivity contribution in [1.82, 2.24) is 20.1 Å². The van der Waals surface area contributed by atoms with Crippen LogP contribution in [-0.2, 0) is 18.3 Å². The molecule has 0 radical (unpaired) electrons. The van der Waals surface area contributed by atoms with Crippen molar-refractivity contribution in [2.45, 2.75) is 26.3 Å². The van der Waals surface area contributed by atoms with Crippen molar-refractivity contribution in [1.29, 1.82) is 0 Å². The number of fused-ring (bicyclic) bond motifs is 1. The Morgan fingerprint density at radius 2 is 2.04 bits per heavy atom. The number of hydrogen-bond acceptors (Lipinski definition) is 3. The van der Waals surface area contributed by atoms with Crippen molar-refractivity contribution in [2.24, 2.45) is 13.0 Å². The first-order valence-corrected chi connectivity index (χ1v) is 8.14. The Morgan fingerprint density at radius 3 is 2.75 bits per heavy atom. The Labute approximate surface area is 141 Å². The Hall–Kier alpha value is -2.69. The molecule has 0 aliphatic carbocycles. The molecule has 0 spiro atoms. The smallest absolute Gasteiger partial charge is 0.224 e. The van der Waals surface area contributed by atoms with E-state index in [9.17, 15) is 4.79 Å². The van der Waals surface area contributed by atoms with E-state index in [1.807, 2.05) is 49.8 Å². The molecule has 1 aromatic carbocycles. The van der Waals surface area contributed by atoms with Crippen molar-refractivity contribution >= 4 is 16.8 Å². The first-order chi connectivity index (χ1) is 11.5. The molecule has 0 fully saturated rings. The topological polar surface area (TPSA) is 59.8 Å². The van der Waals surface area contributed by atoms with Crippen molar-refractivity contribution in [3.05, 3.63) is 60.0 Å². The highest BCUT2D eigenvalue weighted by Gasteiger charge is 2.20. The van der Waals surface area contributed by atoms with Gasteiger partial charge in [0.15, 0.2) is 0 Å². The summed E-state index contributed by atoms with van der Waals surface area (Å²) in [5.41, 5.74) is 2.88. The highest BCUT2D eigenvalue weighted by atomic mass is 16.1. The van der Waals surface area contributed by atoms with Gasteiger partial charge in [-0.25, -0.2) is 0 Å². The van der Waals surface area contributed by atoms with E-state index < -0.39 is 0 Å². The zero-order chi connectivity index (χ0) is 17.1. The van der Waals surface area contributed by atoms with Crippen LogP contribution in [0.5, 0.6) is 0 Å². The summed E-state index contributed by atoms with van der Waals surface area (Å²) in [6.07, 6.45) is 5.85. The molecule has 0 aliphatic heterocycles. The zero-order valence-corrected chi connectivity index (χ0v) is 14.2. The van der Waals surface area contributed by atoms with Gasteiger partial charge in [-0.05, 0) is 23.6 Å². The van der Waals surface area contributed by atoms with Crippen LogP contribution in [0.15, 0.2) is 48.9 Å². The molecule has 2 heterocycles. The fourth-order valence-electron chi connectivity index (χ4n) is 2.86. The number of hydrogen-bond donors (Lipinski definition) is 1. The first kappa shape index (κ1) is 16.2. The van der Waals surface area contributed by atoms with Crippen LogP contribution in [0.3, 0.4) is 0 Å². The lowest BCUT2D eigenvalue weighted by molar-refractivity contribution is -0.121. The first-order valence-electron chi connectivity index (χ1n) is 8.14. The molecular weight excluding hydrogens is 300 g/mol. The second kappa shape index (κ2) is 6.83. The largest absolute Gasteiger partial charge is 0.349 e. The van der Waals surface area contributed by atoms with E-state index in [4.69, 9.17) is 0 Å². The molecule has 0 bridgehead atoms. The van der Waals surface area contributed by atoms with E-state index in [2.05, 4.69) is 29.2 Å². The van der Waals surface area contributed by atoms with Crippen molar-refractivity contribution < 1.29 is 4.79 Å². The van der Waals surface area contributed by atoms with Gasteiger partial charge in [-0.2, -0.15) is 5.10 Å². The molecule has 124 valence electrons. The van der Waals surface area contributed by atoms with E-state index >= 15 is 0 Å². The number of amides is 1. The molecule has 5 nitrogen and oxygen atoms in total. The standard InChI is InChI=1S/C19H22N4O/c1-13(2)19(16-11-21-23(3)12-16)22-18(24)9-14-8-15-6-4-5-7-17(15)20-10-14/h4-8,10-13,19H,9H2,1-3H3,(H,22,24). The number of nitrogens with zero attached hydrogens (tertiary/aromatic N) is 3. The normalized spacial score (nSPS) is 12.5. The van der Waals surface area contributed by atoms with Crippen LogP contribution in [0.25, 0.3) is 10.9 Å². The molecule has 24 heavy (non-hydrogen) atoms. The quantitative estimate of drug-likeness (QED) is 0.785. The second-order valence-corrected chi connectivity index (χ2v) is 6.45. The maximum atomic E-state index is 12.5. The van der Waals surface area contributed by atoms with Crippen molar-refractivity contribution in [3.8, 4) is 0 Å². The summed E-state index contributed by atoms with van der Waals surface area (Å²) < 4.78 is 1.75. The highest BCUT2D eigenvalue weighted by molar-refractivity contribution is 5.82. The Morgan fingerprint density at radius 1 is 1.25 bits per heavy atom. The maximum Gasteiger partial charge on any atom is 0.224 e. The molecule has 1 atom stereocenters. The van der Waals surface area contributed by atoms with Crippen LogP contribution < -0.4 is 5.32 Å². The van der Waals surface area contributed by atoms with Crippen LogP contribution in [-0.4, -0.2) is 20.7 Å². The minimum Gasteiger partial charge on any atom is -0.349 e. The minimum atomic E-state index is -0.0420. The van der Waals surface area contributed by atoms with E-state index in [1.54, 1.807) is 10.9 Å². The van der Waals surface area contributed by atoms with Gasteiger partial charge in [0.2, 0.25) is 5.91 Å². The summed E-state index contributed by atoms with van der Waals surface area (Å²) in [7, 11) is 1.88. The van der Waals surface area contributed by atoms with Crippen LogP contribution in [0.2, 0.25) is 0 Å². The van der Waals surface area contributed by atoms with E-state index in [1.165, 1.54) is 0 Å². The predicted octanol–water partition coefficient (Wildman–Crippen LogP) is 3.02. The summed E-state index contributed by atoms with van der Waals surface area (Å²) in [5.74, 6) is 0.280. The minimum absolute atomic E-state index is 0.00497. The molecule has 0 saturated heterocycles. The van der Waals surface area contributed by atoms with E-state index in [0.717, 1.165) is 22.0 Å². The summed E-state index contributed by atoms with van der Waals surface area (Å²) >= 11 is 0. The lowest BCUT2D eigenvalue weighted by Gasteiger charge is -2.21. The van der Waals surface area contributed by atoms with E-state index in [-0.39, 0.29) is 17.9 Å². The van der Waals surface area contributed by atoms with Crippen molar-refractivity contribution in [3.63, 3.8) is 0 Å². The molecule has 1 amide bonds. The number of pyridine rings is 1. The fraction of sp³-hybridized carbons (Fsp3) is 0.316. The molecule has 2 aromatic heterocycles. The monoisotopic (exact) mass is 322 g/mol. The van der Waals surface area contributed by atoms with Gasteiger partial charge in [-0.3, -0.25) is 14.5 Å². The molecule has 3 aromatic rings. The van der Waals surface area contributed by atoms with Gasteiger partial charge < -0.3 is 5.32 Å². The number of carbonyl (C=O) groups excluding carboxylic acids is 1. The van der Waals surface area contributed by atoms with Gasteiger partial charge >= 0.3 is 0 Å².